The maximum Gasteiger partial charge on any atom is 0.247 e. The van der Waals surface area contributed by atoms with E-state index in [0.717, 1.165) is 22.9 Å². The molecule has 0 saturated heterocycles. The average molecular weight is 349 g/mol. The minimum Gasteiger partial charge on any atom is -1.00 e. The van der Waals surface area contributed by atoms with Gasteiger partial charge in [-0.15, -0.1) is 0 Å². The Labute approximate surface area is 145 Å². The highest BCUT2D eigenvalue weighted by atomic mass is 35.5. The molecule has 24 heavy (non-hydrogen) atoms. The molecule has 1 aromatic heterocycles. The highest BCUT2D eigenvalue weighted by Gasteiger charge is 2.14. The van der Waals surface area contributed by atoms with Gasteiger partial charge in [-0.1, -0.05) is 12.6 Å². The highest BCUT2D eigenvalue weighted by molar-refractivity contribution is 6.00. The van der Waals surface area contributed by atoms with Crippen LogP contribution in [-0.2, 0) is 11.3 Å². The lowest BCUT2D eigenvalue weighted by Gasteiger charge is -2.06. The monoisotopic (exact) mass is 348 g/mol. The van der Waals surface area contributed by atoms with Gasteiger partial charge in [0.2, 0.25) is 24.3 Å². The number of carbonyl (C=O) groups is 1. The number of aromatic amines is 1. The Balaban J connectivity index is 0.00000208. The first-order valence-electron chi connectivity index (χ1n) is 7.03. The van der Waals surface area contributed by atoms with Crippen LogP contribution in [0.1, 0.15) is 5.56 Å². The van der Waals surface area contributed by atoms with Gasteiger partial charge in [-0.3, -0.25) is 4.79 Å². The topological polar surface area (TPSA) is 99.8 Å². The van der Waals surface area contributed by atoms with Gasteiger partial charge in [0, 0.05) is 6.07 Å². The molecule has 0 fully saturated rings. The van der Waals surface area contributed by atoms with Gasteiger partial charge in [-0.25, -0.2) is 4.98 Å². The number of hydrogen-bond donors (Lipinski definition) is 3. The fourth-order valence-electron chi connectivity index (χ4n) is 2.15. The van der Waals surface area contributed by atoms with Crippen molar-refractivity contribution >= 4 is 23.2 Å². The van der Waals surface area contributed by atoms with Crippen molar-refractivity contribution in [2.45, 2.75) is 6.54 Å². The Morgan fingerprint density at radius 3 is 2.83 bits per heavy atom. The molecule has 2 heterocycles. The van der Waals surface area contributed by atoms with Crippen molar-refractivity contribution in [1.82, 2.24) is 0 Å². The van der Waals surface area contributed by atoms with Crippen LogP contribution >= 0.6 is 0 Å². The predicted molar refractivity (Wildman–Crippen MR) is 86.1 cm³/mol. The van der Waals surface area contributed by atoms with E-state index in [9.17, 15) is 4.79 Å². The number of ether oxygens (including phenoxy) is 2. The predicted octanol–water partition coefficient (Wildman–Crippen LogP) is -1.45. The average Bonchev–Trinajstić information content (AvgIpc) is 3.02. The number of nitrogens with one attached hydrogen (secondary N) is 3. The standard InChI is InChI=1S/C16H16N4O3.ClH/c1-2-15(21)19-11-4-6-14(20-16(11)17)18-8-10-3-5-12-13(7-10)23-9-22-12;/h2-7H,1,8-9H2,(H,19,21)(H3,17,18,20);1H. The van der Waals surface area contributed by atoms with Crippen molar-refractivity contribution in [3.8, 4) is 11.5 Å². The number of pyridine rings is 1. The van der Waals surface area contributed by atoms with Crippen molar-refractivity contribution in [3.63, 3.8) is 0 Å². The third-order valence-corrected chi connectivity index (χ3v) is 3.34. The lowest BCUT2D eigenvalue weighted by molar-refractivity contribution is -0.342. The molecule has 0 bridgehead atoms. The molecular weight excluding hydrogens is 332 g/mol. The van der Waals surface area contributed by atoms with E-state index in [2.05, 4.69) is 22.2 Å². The van der Waals surface area contributed by atoms with Crippen LogP contribution in [0, 0.1) is 0 Å². The lowest BCUT2D eigenvalue weighted by Crippen LogP contribution is -3.00. The summed E-state index contributed by atoms with van der Waals surface area (Å²) in [7, 11) is 0. The number of H-pyrrole nitrogens is 1. The number of halogens is 1. The first kappa shape index (κ1) is 17.4. The van der Waals surface area contributed by atoms with E-state index in [0.29, 0.717) is 18.1 Å². The number of anilines is 3. The van der Waals surface area contributed by atoms with Gasteiger partial charge in [-0.05, 0) is 29.8 Å². The molecular formula is C16H17ClN4O3. The molecule has 1 aromatic carbocycles. The Morgan fingerprint density at radius 1 is 1.29 bits per heavy atom. The summed E-state index contributed by atoms with van der Waals surface area (Å²) in [5.74, 6) is 2.28. The van der Waals surface area contributed by atoms with E-state index >= 15 is 0 Å². The molecule has 8 heteroatoms. The third kappa shape index (κ3) is 3.88. The third-order valence-electron chi connectivity index (χ3n) is 3.34. The van der Waals surface area contributed by atoms with Crippen LogP contribution in [0.2, 0.25) is 0 Å². The highest BCUT2D eigenvalue weighted by Crippen LogP contribution is 2.32. The molecule has 0 atom stereocenters. The van der Waals surface area contributed by atoms with Crippen molar-refractivity contribution < 1.29 is 31.7 Å². The minimum absolute atomic E-state index is 0. The number of nitrogen functional groups attached to an aromatic ring is 1. The number of amides is 1. The summed E-state index contributed by atoms with van der Waals surface area (Å²) in [5, 5.41) is 5.84. The zero-order valence-corrected chi connectivity index (χ0v) is 13.5. The molecule has 0 unspecified atom stereocenters. The van der Waals surface area contributed by atoms with Crippen molar-refractivity contribution in [3.05, 3.63) is 48.6 Å². The van der Waals surface area contributed by atoms with Gasteiger partial charge in [0.05, 0.1) is 6.54 Å². The van der Waals surface area contributed by atoms with Gasteiger partial charge in [0.25, 0.3) is 0 Å². The number of nitrogens with two attached hydrogens (primary N) is 1. The Hall–Kier alpha value is -2.93. The van der Waals surface area contributed by atoms with E-state index in [4.69, 9.17) is 15.2 Å². The molecule has 7 nitrogen and oxygen atoms in total. The second-order valence-corrected chi connectivity index (χ2v) is 4.93. The summed E-state index contributed by atoms with van der Waals surface area (Å²) in [6.07, 6.45) is 1.19. The van der Waals surface area contributed by atoms with Crippen LogP contribution in [0.15, 0.2) is 43.0 Å². The van der Waals surface area contributed by atoms with Crippen LogP contribution in [-0.4, -0.2) is 12.7 Å². The number of aromatic nitrogens is 1. The molecule has 1 aliphatic heterocycles. The minimum atomic E-state index is -0.314. The molecule has 2 aromatic rings. The van der Waals surface area contributed by atoms with E-state index in [-0.39, 0.29) is 25.1 Å². The van der Waals surface area contributed by atoms with Crippen molar-refractivity contribution in [2.75, 3.05) is 23.2 Å². The summed E-state index contributed by atoms with van der Waals surface area (Å²) >= 11 is 0. The van der Waals surface area contributed by atoms with Crippen LogP contribution in [0.25, 0.3) is 0 Å². The SMILES string of the molecule is C=CC(=O)Nc1ccc(NCc2ccc3c(c2)OCO3)[nH+]c1N.[Cl-]. The van der Waals surface area contributed by atoms with Crippen LogP contribution in [0.4, 0.5) is 17.3 Å². The number of benzene rings is 1. The van der Waals surface area contributed by atoms with Gasteiger partial charge < -0.3 is 38.2 Å². The molecule has 0 radical (unpaired) electrons. The van der Waals surface area contributed by atoms with Crippen LogP contribution in [0.5, 0.6) is 11.5 Å². The molecule has 3 rings (SSSR count). The fraction of sp³-hybridized carbons (Fsp3) is 0.125. The van der Waals surface area contributed by atoms with E-state index < -0.39 is 0 Å². The van der Waals surface area contributed by atoms with Crippen molar-refractivity contribution in [1.29, 1.82) is 0 Å². The van der Waals surface area contributed by atoms with Gasteiger partial charge in [0.15, 0.2) is 11.5 Å². The summed E-state index contributed by atoms with van der Waals surface area (Å²) in [6.45, 7) is 4.24. The Kier molecular flexibility index (Phi) is 5.49. The lowest BCUT2D eigenvalue weighted by atomic mass is 10.2. The molecule has 5 N–H and O–H groups in total. The normalized spacial score (nSPS) is 11.3. The van der Waals surface area contributed by atoms with Crippen LogP contribution in [0.3, 0.4) is 0 Å². The second kappa shape index (κ2) is 7.56. The summed E-state index contributed by atoms with van der Waals surface area (Å²) in [4.78, 5) is 14.3. The van der Waals surface area contributed by atoms with Gasteiger partial charge in [0.1, 0.15) is 5.69 Å². The molecule has 1 aliphatic rings. The zero-order valence-electron chi connectivity index (χ0n) is 12.8. The first-order valence-corrected chi connectivity index (χ1v) is 7.03. The summed E-state index contributed by atoms with van der Waals surface area (Å²) < 4.78 is 10.6. The van der Waals surface area contributed by atoms with Crippen molar-refractivity contribution in [2.24, 2.45) is 0 Å². The molecule has 0 aliphatic carbocycles. The molecule has 0 spiro atoms. The Bertz CT molecular complexity index is 767. The van der Waals surface area contributed by atoms with Gasteiger partial charge >= 0.3 is 0 Å². The fourth-order valence-corrected chi connectivity index (χ4v) is 2.15. The summed E-state index contributed by atoms with van der Waals surface area (Å²) in [6, 6.07) is 9.28. The Morgan fingerprint density at radius 2 is 2.08 bits per heavy atom. The maximum atomic E-state index is 11.3. The van der Waals surface area contributed by atoms with E-state index in [1.54, 1.807) is 12.1 Å². The largest absolute Gasteiger partial charge is 1.00 e. The first-order chi connectivity index (χ1) is 11.2. The van der Waals surface area contributed by atoms with Gasteiger partial charge in [-0.2, -0.15) is 0 Å². The van der Waals surface area contributed by atoms with Crippen LogP contribution < -0.4 is 43.2 Å². The number of fused-ring (bicyclic) bond motifs is 1. The molecule has 0 saturated carbocycles. The van der Waals surface area contributed by atoms with E-state index in [1.165, 1.54) is 6.08 Å². The van der Waals surface area contributed by atoms with E-state index in [1.807, 2.05) is 18.2 Å². The number of carbonyl (C=O) groups excluding carboxylic acids is 1. The zero-order chi connectivity index (χ0) is 16.2. The number of hydrogen-bond acceptors (Lipinski definition) is 5. The molecule has 1 amide bonds. The maximum absolute atomic E-state index is 11.3. The summed E-state index contributed by atoms with van der Waals surface area (Å²) in [5.41, 5.74) is 7.44. The quantitative estimate of drug-likeness (QED) is 0.574. The second-order valence-electron chi connectivity index (χ2n) is 4.93. The smallest absolute Gasteiger partial charge is 0.247 e. The molecule has 126 valence electrons. The number of rotatable bonds is 5.